The third-order valence-corrected chi connectivity index (χ3v) is 5.04. The van der Waals surface area contributed by atoms with Crippen molar-refractivity contribution < 1.29 is 19.1 Å². The molecular weight excluding hydrogens is 370 g/mol. The number of hydrogen-bond acceptors (Lipinski definition) is 5. The minimum atomic E-state index is -0.811. The van der Waals surface area contributed by atoms with E-state index < -0.39 is 5.60 Å². The second kappa shape index (κ2) is 9.54. The average Bonchev–Trinajstić information content (AvgIpc) is 2.76. The third-order valence-electron chi connectivity index (χ3n) is 5.04. The van der Waals surface area contributed by atoms with E-state index in [0.717, 1.165) is 18.8 Å². The number of benzene rings is 2. The first-order valence-corrected chi connectivity index (χ1v) is 9.78. The first-order chi connectivity index (χ1) is 14.1. The first-order valence-electron chi connectivity index (χ1n) is 9.78. The zero-order valence-corrected chi connectivity index (χ0v) is 16.8. The highest BCUT2D eigenvalue weighted by molar-refractivity contribution is 6.05. The molecule has 29 heavy (non-hydrogen) atoms. The van der Waals surface area contributed by atoms with E-state index in [4.69, 9.17) is 9.47 Å². The van der Waals surface area contributed by atoms with Gasteiger partial charge in [-0.2, -0.15) is 0 Å². The summed E-state index contributed by atoms with van der Waals surface area (Å²) < 4.78 is 10.9. The highest BCUT2D eigenvalue weighted by Crippen LogP contribution is 2.25. The van der Waals surface area contributed by atoms with Gasteiger partial charge in [0.25, 0.3) is 11.8 Å². The number of hydrogen-bond donors (Lipinski definition) is 3. The molecular formula is C22H27N3O4. The van der Waals surface area contributed by atoms with Gasteiger partial charge >= 0.3 is 0 Å². The molecule has 0 saturated carbocycles. The molecule has 0 spiro atoms. The summed E-state index contributed by atoms with van der Waals surface area (Å²) in [4.78, 5) is 25.1. The Hall–Kier alpha value is -2.90. The molecule has 2 aromatic rings. The lowest BCUT2D eigenvalue weighted by atomic mass is 9.91. The molecule has 7 heteroatoms. The van der Waals surface area contributed by atoms with E-state index in [2.05, 4.69) is 16.0 Å². The van der Waals surface area contributed by atoms with Gasteiger partial charge in [0.2, 0.25) is 0 Å². The summed E-state index contributed by atoms with van der Waals surface area (Å²) in [5, 5.41) is 8.98. The lowest BCUT2D eigenvalue weighted by Gasteiger charge is -2.34. The third kappa shape index (κ3) is 5.13. The molecule has 0 unspecified atom stereocenters. The van der Waals surface area contributed by atoms with Crippen molar-refractivity contribution >= 4 is 23.2 Å². The maximum Gasteiger partial charge on any atom is 0.256 e. The zero-order chi connectivity index (χ0) is 20.7. The fraction of sp³-hybridized carbons (Fsp3) is 0.364. The van der Waals surface area contributed by atoms with Crippen LogP contribution in [0.2, 0.25) is 0 Å². The summed E-state index contributed by atoms with van der Waals surface area (Å²) in [5.74, 6) is 0.375. The van der Waals surface area contributed by atoms with Gasteiger partial charge in [-0.25, -0.2) is 0 Å². The van der Waals surface area contributed by atoms with Crippen LogP contribution in [-0.4, -0.2) is 44.2 Å². The number of rotatable bonds is 7. The maximum atomic E-state index is 12.7. The quantitative estimate of drug-likeness (QED) is 0.668. The number of anilines is 2. The molecule has 1 saturated heterocycles. The molecule has 2 amide bonds. The van der Waals surface area contributed by atoms with E-state index in [1.807, 2.05) is 19.1 Å². The van der Waals surface area contributed by atoms with E-state index in [1.54, 1.807) is 43.5 Å². The minimum absolute atomic E-state index is 0.159. The van der Waals surface area contributed by atoms with Crippen LogP contribution in [-0.2, 0) is 9.53 Å². The number of carbonyl (C=O) groups excluding carboxylic acids is 2. The van der Waals surface area contributed by atoms with Crippen molar-refractivity contribution in [3.8, 4) is 5.75 Å². The molecule has 1 fully saturated rings. The van der Waals surface area contributed by atoms with Gasteiger partial charge in [-0.15, -0.1) is 0 Å². The van der Waals surface area contributed by atoms with Gasteiger partial charge in [-0.3, -0.25) is 9.59 Å². The summed E-state index contributed by atoms with van der Waals surface area (Å²) in [6.07, 6.45) is 1.25. The smallest absolute Gasteiger partial charge is 0.256 e. The maximum absolute atomic E-state index is 12.7. The van der Waals surface area contributed by atoms with E-state index in [1.165, 1.54) is 0 Å². The Kier molecular flexibility index (Phi) is 6.85. The molecule has 2 aromatic carbocycles. The molecule has 0 atom stereocenters. The van der Waals surface area contributed by atoms with Crippen LogP contribution in [0.5, 0.6) is 5.75 Å². The Morgan fingerprint density at radius 2 is 1.55 bits per heavy atom. The predicted molar refractivity (Wildman–Crippen MR) is 112 cm³/mol. The van der Waals surface area contributed by atoms with Crippen LogP contribution in [0.3, 0.4) is 0 Å². The van der Waals surface area contributed by atoms with Crippen LogP contribution in [0.15, 0.2) is 48.5 Å². The Labute approximate surface area is 170 Å². The summed E-state index contributed by atoms with van der Waals surface area (Å²) in [7, 11) is 1.57. The highest BCUT2D eigenvalue weighted by Gasteiger charge is 2.39. The highest BCUT2D eigenvalue weighted by atomic mass is 16.5. The van der Waals surface area contributed by atoms with Gasteiger partial charge in [0.15, 0.2) is 0 Å². The fourth-order valence-corrected chi connectivity index (χ4v) is 3.31. The van der Waals surface area contributed by atoms with Crippen LogP contribution in [0, 0.1) is 0 Å². The lowest BCUT2D eigenvalue weighted by molar-refractivity contribution is -0.140. The molecule has 1 aliphatic rings. The number of nitrogens with one attached hydrogen (secondary N) is 3. The first kappa shape index (κ1) is 20.8. The van der Waals surface area contributed by atoms with Crippen LogP contribution < -0.4 is 20.7 Å². The van der Waals surface area contributed by atoms with Crippen molar-refractivity contribution in [1.82, 2.24) is 5.32 Å². The summed E-state index contributed by atoms with van der Waals surface area (Å²) >= 11 is 0. The van der Waals surface area contributed by atoms with Crippen molar-refractivity contribution in [3.63, 3.8) is 0 Å². The van der Waals surface area contributed by atoms with E-state index >= 15 is 0 Å². The van der Waals surface area contributed by atoms with Crippen LogP contribution in [0.4, 0.5) is 11.4 Å². The lowest BCUT2D eigenvalue weighted by Crippen LogP contribution is -2.51. The van der Waals surface area contributed by atoms with Gasteiger partial charge in [0.05, 0.1) is 6.61 Å². The molecule has 1 aliphatic heterocycles. The van der Waals surface area contributed by atoms with Crippen LogP contribution >= 0.6 is 0 Å². The van der Waals surface area contributed by atoms with E-state index in [0.29, 0.717) is 36.4 Å². The molecule has 0 aliphatic carbocycles. The van der Waals surface area contributed by atoms with Crippen LogP contribution in [0.1, 0.15) is 30.1 Å². The molecule has 154 valence electrons. The Morgan fingerprint density at radius 1 is 0.966 bits per heavy atom. The number of ether oxygens (including phenoxy) is 2. The molecule has 0 aromatic heterocycles. The van der Waals surface area contributed by atoms with Gasteiger partial charge in [-0.1, -0.05) is 0 Å². The van der Waals surface area contributed by atoms with Crippen molar-refractivity contribution in [2.24, 2.45) is 0 Å². The summed E-state index contributed by atoms with van der Waals surface area (Å²) in [6.45, 7) is 4.00. The number of piperidine rings is 1. The molecule has 3 N–H and O–H groups in total. The van der Waals surface area contributed by atoms with Crippen molar-refractivity contribution in [3.05, 3.63) is 54.1 Å². The summed E-state index contributed by atoms with van der Waals surface area (Å²) in [6, 6.07) is 14.0. The number of amides is 2. The Balaban J connectivity index is 1.60. The van der Waals surface area contributed by atoms with Crippen LogP contribution in [0.25, 0.3) is 0 Å². The second-order valence-electron chi connectivity index (χ2n) is 6.89. The number of carbonyl (C=O) groups is 2. The Morgan fingerprint density at radius 3 is 2.14 bits per heavy atom. The van der Waals surface area contributed by atoms with Gasteiger partial charge < -0.3 is 25.4 Å². The molecule has 0 bridgehead atoms. The number of methoxy groups -OCH3 is 1. The Bertz CT molecular complexity index is 828. The molecule has 0 radical (unpaired) electrons. The van der Waals surface area contributed by atoms with Gasteiger partial charge in [0.1, 0.15) is 11.4 Å². The SMILES string of the molecule is CCOc1ccc(NC(=O)c2ccc(NC(=O)C3(OC)CCNCC3)cc2)cc1. The monoisotopic (exact) mass is 397 g/mol. The fourth-order valence-electron chi connectivity index (χ4n) is 3.31. The van der Waals surface area contributed by atoms with Crippen molar-refractivity contribution in [1.29, 1.82) is 0 Å². The summed E-state index contributed by atoms with van der Waals surface area (Å²) in [5.41, 5.74) is 1.00. The van der Waals surface area contributed by atoms with Gasteiger partial charge in [0, 0.05) is 24.0 Å². The molecule has 7 nitrogen and oxygen atoms in total. The van der Waals surface area contributed by atoms with Crippen molar-refractivity contribution in [2.75, 3.05) is 37.4 Å². The topological polar surface area (TPSA) is 88.7 Å². The normalized spacial score (nSPS) is 15.4. The minimum Gasteiger partial charge on any atom is -0.494 e. The second-order valence-corrected chi connectivity index (χ2v) is 6.89. The average molecular weight is 397 g/mol. The largest absolute Gasteiger partial charge is 0.494 e. The van der Waals surface area contributed by atoms with E-state index in [-0.39, 0.29) is 11.8 Å². The van der Waals surface area contributed by atoms with E-state index in [9.17, 15) is 9.59 Å². The predicted octanol–water partition coefficient (Wildman–Crippen LogP) is 3.04. The van der Waals surface area contributed by atoms with Crippen molar-refractivity contribution in [2.45, 2.75) is 25.4 Å². The molecule has 3 rings (SSSR count). The standard InChI is InChI=1S/C22H27N3O4/c1-3-29-19-10-8-17(9-11-19)24-20(26)16-4-6-18(7-5-16)25-21(27)22(28-2)12-14-23-15-13-22/h4-11,23H,3,12-15H2,1-2H3,(H,24,26)(H,25,27). The molecule has 1 heterocycles. The zero-order valence-electron chi connectivity index (χ0n) is 16.8. The van der Waals surface area contributed by atoms with Gasteiger partial charge in [-0.05, 0) is 81.4 Å².